The number of pyridine rings is 2. The number of nitrogens with two attached hydrogens (primary N) is 1. The quantitative estimate of drug-likeness (QED) is 0.629. The maximum absolute atomic E-state index is 13.0. The van der Waals surface area contributed by atoms with Crippen LogP contribution in [-0.2, 0) is 12.8 Å². The van der Waals surface area contributed by atoms with E-state index in [2.05, 4.69) is 27.9 Å². The van der Waals surface area contributed by atoms with E-state index in [-0.39, 0.29) is 24.2 Å². The monoisotopic (exact) mass is 410 g/mol. The van der Waals surface area contributed by atoms with Gasteiger partial charge in [-0.2, -0.15) is 0 Å². The van der Waals surface area contributed by atoms with E-state index >= 15 is 0 Å². The fourth-order valence-corrected chi connectivity index (χ4v) is 4.89. The number of aromatic nitrogens is 2. The SMILES string of the molecule is CCc1cc2nc(C(=O)Cc3cnccc3N3C[C@@H](N)[C@H](O)[C@@H](C)C3)ccc2s1. The number of aryl methyl sites for hydroxylation is 1. The second kappa shape index (κ2) is 8.18. The summed E-state index contributed by atoms with van der Waals surface area (Å²) < 4.78 is 1.11. The summed E-state index contributed by atoms with van der Waals surface area (Å²) in [5.74, 6) is 0.0330. The van der Waals surface area contributed by atoms with Crippen LogP contribution >= 0.6 is 11.3 Å². The zero-order valence-corrected chi connectivity index (χ0v) is 17.5. The van der Waals surface area contributed by atoms with Gasteiger partial charge in [-0.05, 0) is 30.7 Å². The van der Waals surface area contributed by atoms with Crippen molar-refractivity contribution in [1.82, 2.24) is 9.97 Å². The molecule has 1 saturated heterocycles. The van der Waals surface area contributed by atoms with Crippen LogP contribution in [0.4, 0.5) is 5.69 Å². The van der Waals surface area contributed by atoms with Crippen LogP contribution in [0.1, 0.15) is 34.8 Å². The summed E-state index contributed by atoms with van der Waals surface area (Å²) in [5.41, 5.74) is 9.29. The van der Waals surface area contributed by atoms with Crippen molar-refractivity contribution >= 4 is 33.0 Å². The van der Waals surface area contributed by atoms with Crippen LogP contribution in [-0.4, -0.2) is 46.1 Å². The van der Waals surface area contributed by atoms with Gasteiger partial charge < -0.3 is 15.7 Å². The molecule has 29 heavy (non-hydrogen) atoms. The van der Waals surface area contributed by atoms with Gasteiger partial charge >= 0.3 is 0 Å². The summed E-state index contributed by atoms with van der Waals surface area (Å²) in [7, 11) is 0. The first-order valence-electron chi connectivity index (χ1n) is 10.0. The first-order valence-corrected chi connectivity index (χ1v) is 10.8. The van der Waals surface area contributed by atoms with Crippen LogP contribution in [0.3, 0.4) is 0 Å². The van der Waals surface area contributed by atoms with Crippen LogP contribution in [0.25, 0.3) is 10.2 Å². The minimum absolute atomic E-state index is 0.0280. The number of hydrogen-bond acceptors (Lipinski definition) is 7. The molecule has 0 unspecified atom stereocenters. The number of aliphatic hydroxyl groups excluding tert-OH is 1. The van der Waals surface area contributed by atoms with E-state index in [1.807, 2.05) is 25.1 Å². The molecule has 3 atom stereocenters. The van der Waals surface area contributed by atoms with E-state index in [4.69, 9.17) is 5.73 Å². The number of nitrogens with zero attached hydrogens (tertiary/aromatic N) is 3. The van der Waals surface area contributed by atoms with Crippen molar-refractivity contribution in [2.24, 2.45) is 11.7 Å². The highest BCUT2D eigenvalue weighted by molar-refractivity contribution is 7.19. The molecule has 152 valence electrons. The fourth-order valence-electron chi connectivity index (χ4n) is 3.94. The number of anilines is 1. The van der Waals surface area contributed by atoms with Gasteiger partial charge in [0, 0.05) is 60.0 Å². The average molecular weight is 411 g/mol. The second-order valence-corrected chi connectivity index (χ2v) is 8.96. The van der Waals surface area contributed by atoms with Gasteiger partial charge in [0.15, 0.2) is 5.78 Å². The number of aliphatic hydroxyl groups is 1. The lowest BCUT2D eigenvalue weighted by atomic mass is 9.92. The van der Waals surface area contributed by atoms with E-state index in [1.165, 1.54) is 4.88 Å². The van der Waals surface area contributed by atoms with E-state index in [0.717, 1.165) is 27.9 Å². The first kappa shape index (κ1) is 19.9. The van der Waals surface area contributed by atoms with Crippen molar-refractivity contribution in [3.8, 4) is 0 Å². The predicted molar refractivity (Wildman–Crippen MR) is 117 cm³/mol. The Balaban J connectivity index is 1.57. The fraction of sp³-hybridized carbons (Fsp3) is 0.409. The highest BCUT2D eigenvalue weighted by Crippen LogP contribution is 2.28. The molecular weight excluding hydrogens is 384 g/mol. The lowest BCUT2D eigenvalue weighted by molar-refractivity contribution is 0.0784. The third kappa shape index (κ3) is 4.03. The molecule has 0 aromatic carbocycles. The number of hydrogen-bond donors (Lipinski definition) is 2. The standard InChI is InChI=1S/C22H26N4O2S/c1-3-15-9-18-21(29-15)5-4-17(25-18)20(27)8-14-10-24-7-6-19(14)26-11-13(2)22(28)16(23)12-26/h4-7,9-10,13,16,22,28H,3,8,11-12,23H2,1-2H3/t13-,16+,22+/m0/s1. The van der Waals surface area contributed by atoms with Gasteiger partial charge in [0.2, 0.25) is 0 Å². The predicted octanol–water partition coefficient (Wildman–Crippen LogP) is 2.82. The third-order valence-electron chi connectivity index (χ3n) is 5.59. The topological polar surface area (TPSA) is 92.3 Å². The highest BCUT2D eigenvalue weighted by Gasteiger charge is 2.31. The molecule has 0 spiro atoms. The van der Waals surface area contributed by atoms with Crippen LogP contribution in [0.5, 0.6) is 0 Å². The molecule has 0 amide bonds. The Morgan fingerprint density at radius 2 is 2.17 bits per heavy atom. The number of piperidine rings is 1. The van der Waals surface area contributed by atoms with Gasteiger partial charge in [-0.3, -0.25) is 9.78 Å². The number of thiophene rings is 1. The molecule has 0 saturated carbocycles. The molecule has 0 aliphatic carbocycles. The van der Waals surface area contributed by atoms with Gasteiger partial charge in [0.1, 0.15) is 5.69 Å². The Morgan fingerprint density at radius 1 is 1.34 bits per heavy atom. The van der Waals surface area contributed by atoms with E-state index < -0.39 is 6.10 Å². The summed E-state index contributed by atoms with van der Waals surface area (Å²) in [4.78, 5) is 25.2. The zero-order chi connectivity index (χ0) is 20.5. The lowest BCUT2D eigenvalue weighted by Gasteiger charge is -2.40. The molecule has 6 nitrogen and oxygen atoms in total. The molecule has 7 heteroatoms. The molecule has 0 radical (unpaired) electrons. The molecule has 1 fully saturated rings. The molecule has 1 aliphatic rings. The summed E-state index contributed by atoms with van der Waals surface area (Å²) >= 11 is 1.72. The van der Waals surface area contributed by atoms with Crippen LogP contribution < -0.4 is 10.6 Å². The van der Waals surface area contributed by atoms with Crippen molar-refractivity contribution < 1.29 is 9.90 Å². The molecule has 1 aliphatic heterocycles. The molecule has 3 aromatic heterocycles. The van der Waals surface area contributed by atoms with Gasteiger partial charge in [-0.15, -0.1) is 11.3 Å². The van der Waals surface area contributed by atoms with Gasteiger partial charge in [-0.25, -0.2) is 4.98 Å². The van der Waals surface area contributed by atoms with E-state index in [1.54, 1.807) is 23.7 Å². The molecule has 4 heterocycles. The van der Waals surface area contributed by atoms with Gasteiger partial charge in [0.25, 0.3) is 0 Å². The van der Waals surface area contributed by atoms with Crippen LogP contribution in [0.2, 0.25) is 0 Å². The number of ketones is 1. The van der Waals surface area contributed by atoms with Crippen molar-refractivity contribution in [2.45, 2.75) is 38.8 Å². The van der Waals surface area contributed by atoms with Crippen molar-refractivity contribution in [3.05, 3.63) is 52.8 Å². The number of carbonyl (C=O) groups excluding carboxylic acids is 1. The van der Waals surface area contributed by atoms with E-state index in [9.17, 15) is 9.90 Å². The van der Waals surface area contributed by atoms with E-state index in [0.29, 0.717) is 18.8 Å². The summed E-state index contributed by atoms with van der Waals surface area (Å²) in [6.45, 7) is 5.36. The Hall–Kier alpha value is -2.35. The Morgan fingerprint density at radius 3 is 2.93 bits per heavy atom. The summed E-state index contributed by atoms with van der Waals surface area (Å²) in [6.07, 6.45) is 4.16. The van der Waals surface area contributed by atoms with Crippen molar-refractivity contribution in [2.75, 3.05) is 18.0 Å². The van der Waals surface area contributed by atoms with Crippen LogP contribution in [0, 0.1) is 5.92 Å². The number of fused-ring (bicyclic) bond motifs is 1. The Bertz CT molecular complexity index is 1020. The summed E-state index contributed by atoms with van der Waals surface area (Å²) in [5, 5.41) is 10.2. The molecule has 3 N–H and O–H groups in total. The van der Waals surface area contributed by atoms with Crippen molar-refractivity contribution in [1.29, 1.82) is 0 Å². The van der Waals surface area contributed by atoms with Crippen LogP contribution in [0.15, 0.2) is 36.7 Å². The lowest BCUT2D eigenvalue weighted by Crippen LogP contribution is -2.55. The minimum atomic E-state index is -0.507. The normalized spacial score (nSPS) is 22.2. The smallest absolute Gasteiger partial charge is 0.185 e. The molecular formula is C22H26N4O2S. The number of Topliss-reactive ketones (excluding diaryl/α,β-unsaturated/α-hetero) is 1. The van der Waals surface area contributed by atoms with Gasteiger partial charge in [-0.1, -0.05) is 13.8 Å². The first-order chi connectivity index (χ1) is 14.0. The third-order valence-corrected chi connectivity index (χ3v) is 6.82. The molecule has 3 aromatic rings. The maximum atomic E-state index is 13.0. The summed E-state index contributed by atoms with van der Waals surface area (Å²) in [6, 6.07) is 7.46. The second-order valence-electron chi connectivity index (χ2n) is 7.79. The van der Waals surface area contributed by atoms with Gasteiger partial charge in [0.05, 0.1) is 16.3 Å². The molecule has 0 bridgehead atoms. The number of rotatable bonds is 5. The van der Waals surface area contributed by atoms with Crippen molar-refractivity contribution in [3.63, 3.8) is 0 Å². The maximum Gasteiger partial charge on any atom is 0.185 e. The highest BCUT2D eigenvalue weighted by atomic mass is 32.1. The zero-order valence-electron chi connectivity index (χ0n) is 16.7. The Labute approximate surface area is 174 Å². The minimum Gasteiger partial charge on any atom is -0.391 e. The Kier molecular flexibility index (Phi) is 5.63. The largest absolute Gasteiger partial charge is 0.391 e. The molecule has 4 rings (SSSR count). The number of carbonyl (C=O) groups is 1. The average Bonchev–Trinajstić information content (AvgIpc) is 3.14.